The Balaban J connectivity index is 1.84. The Morgan fingerprint density at radius 2 is 2.27 bits per heavy atom. The minimum absolute atomic E-state index is 0.630. The zero-order chi connectivity index (χ0) is 10.5. The summed E-state index contributed by atoms with van der Waals surface area (Å²) in [6.45, 7) is 3.23. The normalized spacial score (nSPS) is 21.5. The molecule has 0 unspecified atom stereocenters. The Morgan fingerprint density at radius 1 is 1.40 bits per heavy atom. The molecular weight excluding hydrogens is 252 g/mol. The zero-order valence-electron chi connectivity index (χ0n) is 8.80. The second kappa shape index (κ2) is 5.64. The topological polar surface area (TPSA) is 24.1 Å². The van der Waals surface area contributed by atoms with Gasteiger partial charge in [-0.3, -0.25) is 0 Å². The first-order valence-corrected chi connectivity index (χ1v) is 6.33. The van der Waals surface area contributed by atoms with Crippen molar-refractivity contribution < 1.29 is 0 Å². The first-order chi connectivity index (χ1) is 7.36. The molecule has 1 aromatic carbocycles. The number of nitrogens with one attached hydrogen (secondary N) is 2. The molecule has 0 aromatic heterocycles. The monoisotopic (exact) mass is 268 g/mol. The molecule has 2 N–H and O–H groups in total. The highest BCUT2D eigenvalue weighted by Crippen LogP contribution is 2.15. The Hall–Kier alpha value is -0.380. The molecule has 15 heavy (non-hydrogen) atoms. The van der Waals surface area contributed by atoms with Crippen LogP contribution < -0.4 is 10.6 Å². The van der Waals surface area contributed by atoms with Gasteiger partial charge >= 0.3 is 0 Å². The lowest BCUT2D eigenvalue weighted by molar-refractivity contribution is 0.389. The van der Waals surface area contributed by atoms with E-state index in [9.17, 15) is 0 Å². The SMILES string of the molecule is Brc1ccccc1CN[C@H]1CCCNC1. The van der Waals surface area contributed by atoms with Crippen LogP contribution in [0.25, 0.3) is 0 Å². The Labute approximate surface area is 99.6 Å². The number of hydrogen-bond donors (Lipinski definition) is 2. The summed E-state index contributed by atoms with van der Waals surface area (Å²) in [6.07, 6.45) is 2.57. The van der Waals surface area contributed by atoms with Crippen LogP contribution in [-0.4, -0.2) is 19.1 Å². The predicted molar refractivity (Wildman–Crippen MR) is 66.9 cm³/mol. The van der Waals surface area contributed by atoms with Gasteiger partial charge in [-0.05, 0) is 31.0 Å². The number of benzene rings is 1. The third-order valence-electron chi connectivity index (χ3n) is 2.84. The average Bonchev–Trinajstić information content (AvgIpc) is 2.29. The highest BCUT2D eigenvalue weighted by Gasteiger charge is 2.11. The van der Waals surface area contributed by atoms with Gasteiger partial charge in [-0.1, -0.05) is 34.1 Å². The summed E-state index contributed by atoms with van der Waals surface area (Å²) in [7, 11) is 0. The molecule has 0 amide bonds. The molecule has 0 spiro atoms. The lowest BCUT2D eigenvalue weighted by atomic mass is 10.1. The van der Waals surface area contributed by atoms with Crippen molar-refractivity contribution in [1.82, 2.24) is 10.6 Å². The maximum absolute atomic E-state index is 3.59. The first kappa shape index (κ1) is 11.1. The Morgan fingerprint density at radius 3 is 3.00 bits per heavy atom. The van der Waals surface area contributed by atoms with E-state index in [1.807, 2.05) is 0 Å². The molecular formula is C12H17BrN2. The lowest BCUT2D eigenvalue weighted by Gasteiger charge is -2.24. The summed E-state index contributed by atoms with van der Waals surface area (Å²) in [5.74, 6) is 0. The lowest BCUT2D eigenvalue weighted by Crippen LogP contribution is -2.42. The summed E-state index contributed by atoms with van der Waals surface area (Å²) in [4.78, 5) is 0. The summed E-state index contributed by atoms with van der Waals surface area (Å²) in [6, 6.07) is 9.02. The van der Waals surface area contributed by atoms with Crippen molar-refractivity contribution in [2.45, 2.75) is 25.4 Å². The van der Waals surface area contributed by atoms with Crippen LogP contribution in [0.5, 0.6) is 0 Å². The van der Waals surface area contributed by atoms with E-state index in [0.717, 1.165) is 13.1 Å². The van der Waals surface area contributed by atoms with Gasteiger partial charge in [-0.2, -0.15) is 0 Å². The van der Waals surface area contributed by atoms with E-state index in [-0.39, 0.29) is 0 Å². The average molecular weight is 269 g/mol. The van der Waals surface area contributed by atoms with E-state index in [1.165, 1.54) is 29.4 Å². The summed E-state index contributed by atoms with van der Waals surface area (Å²) in [5, 5.41) is 7.00. The molecule has 0 aliphatic carbocycles. The van der Waals surface area contributed by atoms with Gasteiger partial charge in [0.05, 0.1) is 0 Å². The second-order valence-corrected chi connectivity index (χ2v) is 4.87. The van der Waals surface area contributed by atoms with Crippen molar-refractivity contribution in [1.29, 1.82) is 0 Å². The maximum atomic E-state index is 3.59. The van der Waals surface area contributed by atoms with Crippen LogP contribution in [0.1, 0.15) is 18.4 Å². The largest absolute Gasteiger partial charge is 0.315 e. The van der Waals surface area contributed by atoms with Crippen molar-refractivity contribution in [2.24, 2.45) is 0 Å². The predicted octanol–water partition coefficient (Wildman–Crippen LogP) is 2.29. The van der Waals surface area contributed by atoms with Gasteiger partial charge < -0.3 is 10.6 Å². The smallest absolute Gasteiger partial charge is 0.0220 e. The Kier molecular flexibility index (Phi) is 4.18. The minimum Gasteiger partial charge on any atom is -0.315 e. The molecule has 1 atom stereocenters. The van der Waals surface area contributed by atoms with Crippen molar-refractivity contribution in [3.63, 3.8) is 0 Å². The molecule has 2 rings (SSSR count). The highest BCUT2D eigenvalue weighted by molar-refractivity contribution is 9.10. The number of rotatable bonds is 3. The van der Waals surface area contributed by atoms with Crippen molar-refractivity contribution in [3.05, 3.63) is 34.3 Å². The molecule has 1 aromatic rings. The van der Waals surface area contributed by atoms with Crippen LogP contribution in [0.3, 0.4) is 0 Å². The van der Waals surface area contributed by atoms with Crippen molar-refractivity contribution >= 4 is 15.9 Å². The summed E-state index contributed by atoms with van der Waals surface area (Å²) < 4.78 is 1.20. The molecule has 0 radical (unpaired) electrons. The van der Waals surface area contributed by atoms with Crippen LogP contribution in [-0.2, 0) is 6.54 Å². The first-order valence-electron chi connectivity index (χ1n) is 5.54. The number of hydrogen-bond acceptors (Lipinski definition) is 2. The second-order valence-electron chi connectivity index (χ2n) is 4.02. The van der Waals surface area contributed by atoms with Gasteiger partial charge in [0.1, 0.15) is 0 Å². The quantitative estimate of drug-likeness (QED) is 0.879. The maximum Gasteiger partial charge on any atom is 0.0220 e. The van der Waals surface area contributed by atoms with Crippen molar-refractivity contribution in [2.75, 3.05) is 13.1 Å². The fourth-order valence-electron chi connectivity index (χ4n) is 1.92. The fourth-order valence-corrected chi connectivity index (χ4v) is 2.35. The number of piperidine rings is 1. The van der Waals surface area contributed by atoms with Gasteiger partial charge in [0, 0.05) is 23.6 Å². The van der Waals surface area contributed by atoms with E-state index in [4.69, 9.17) is 0 Å². The molecule has 3 heteroatoms. The van der Waals surface area contributed by atoms with E-state index in [0.29, 0.717) is 6.04 Å². The molecule has 1 heterocycles. The van der Waals surface area contributed by atoms with E-state index < -0.39 is 0 Å². The van der Waals surface area contributed by atoms with Gasteiger partial charge in [0.15, 0.2) is 0 Å². The van der Waals surface area contributed by atoms with E-state index in [1.54, 1.807) is 0 Å². The molecule has 0 bridgehead atoms. The fraction of sp³-hybridized carbons (Fsp3) is 0.500. The van der Waals surface area contributed by atoms with Crippen LogP contribution in [0, 0.1) is 0 Å². The van der Waals surface area contributed by atoms with Crippen LogP contribution in [0.2, 0.25) is 0 Å². The highest BCUT2D eigenvalue weighted by atomic mass is 79.9. The van der Waals surface area contributed by atoms with Crippen LogP contribution in [0.4, 0.5) is 0 Å². The standard InChI is InChI=1S/C12H17BrN2/c13-12-6-2-1-4-10(12)8-15-11-5-3-7-14-9-11/h1-2,4,6,11,14-15H,3,5,7-9H2/t11-/m0/s1. The van der Waals surface area contributed by atoms with Gasteiger partial charge in [-0.25, -0.2) is 0 Å². The molecule has 1 fully saturated rings. The van der Waals surface area contributed by atoms with E-state index >= 15 is 0 Å². The van der Waals surface area contributed by atoms with Crippen LogP contribution in [0.15, 0.2) is 28.7 Å². The molecule has 1 aliphatic rings. The molecule has 0 saturated carbocycles. The van der Waals surface area contributed by atoms with Crippen LogP contribution >= 0.6 is 15.9 Å². The Bertz CT molecular complexity index is 308. The molecule has 1 saturated heterocycles. The van der Waals surface area contributed by atoms with Gasteiger partial charge in [0.25, 0.3) is 0 Å². The third-order valence-corrected chi connectivity index (χ3v) is 3.61. The minimum atomic E-state index is 0.630. The third kappa shape index (κ3) is 3.30. The van der Waals surface area contributed by atoms with Crippen molar-refractivity contribution in [3.8, 4) is 0 Å². The summed E-state index contributed by atoms with van der Waals surface area (Å²) in [5.41, 5.74) is 1.34. The molecule has 2 nitrogen and oxygen atoms in total. The van der Waals surface area contributed by atoms with Gasteiger partial charge in [-0.15, -0.1) is 0 Å². The van der Waals surface area contributed by atoms with Gasteiger partial charge in [0.2, 0.25) is 0 Å². The zero-order valence-corrected chi connectivity index (χ0v) is 10.4. The number of halogens is 1. The molecule has 1 aliphatic heterocycles. The van der Waals surface area contributed by atoms with E-state index in [2.05, 4.69) is 50.8 Å². The summed E-state index contributed by atoms with van der Waals surface area (Å²) >= 11 is 3.57. The molecule has 82 valence electrons.